The molecule has 1 heterocycles. The molecule has 4 nitrogen and oxygen atoms in total. The Hall–Kier alpha value is -1.40. The molecule has 0 bridgehead atoms. The lowest BCUT2D eigenvalue weighted by Crippen LogP contribution is -2.15. The highest BCUT2D eigenvalue weighted by Gasteiger charge is 2.18. The van der Waals surface area contributed by atoms with Gasteiger partial charge in [-0.25, -0.2) is 4.98 Å². The third-order valence-corrected chi connectivity index (χ3v) is 5.20. The van der Waals surface area contributed by atoms with Crippen molar-refractivity contribution in [2.24, 2.45) is 0 Å². The van der Waals surface area contributed by atoms with Crippen molar-refractivity contribution in [2.75, 3.05) is 4.72 Å². The Morgan fingerprint density at radius 2 is 2.00 bits per heavy atom. The van der Waals surface area contributed by atoms with E-state index in [0.29, 0.717) is 5.69 Å². The van der Waals surface area contributed by atoms with Gasteiger partial charge in [-0.15, -0.1) is 11.3 Å². The number of sulfonamides is 1. The van der Waals surface area contributed by atoms with Crippen LogP contribution in [0.1, 0.15) is 26.3 Å². The van der Waals surface area contributed by atoms with Crippen LogP contribution in [0.5, 0.6) is 0 Å². The molecule has 1 N–H and O–H groups in total. The maximum atomic E-state index is 12.1. The van der Waals surface area contributed by atoms with E-state index in [4.69, 9.17) is 0 Å². The maximum Gasteiger partial charge on any atom is 0.289 e. The first-order valence-electron chi connectivity index (χ1n) is 5.82. The van der Waals surface area contributed by atoms with Gasteiger partial charge < -0.3 is 0 Å². The van der Waals surface area contributed by atoms with Gasteiger partial charge >= 0.3 is 0 Å². The number of benzene rings is 1. The molecule has 2 rings (SSSR count). The first kappa shape index (κ1) is 14.0. The fraction of sp³-hybridized carbons (Fsp3) is 0.308. The lowest BCUT2D eigenvalue weighted by Gasteiger charge is -2.19. The molecule has 19 heavy (non-hydrogen) atoms. The Labute approximate surface area is 117 Å². The first-order chi connectivity index (χ1) is 8.79. The van der Waals surface area contributed by atoms with Gasteiger partial charge in [-0.2, -0.15) is 8.42 Å². The third kappa shape index (κ3) is 3.33. The number of nitrogens with one attached hydrogen (secondary N) is 1. The zero-order valence-corrected chi connectivity index (χ0v) is 12.7. The fourth-order valence-electron chi connectivity index (χ4n) is 1.59. The van der Waals surface area contributed by atoms with Crippen LogP contribution in [0.4, 0.5) is 5.69 Å². The van der Waals surface area contributed by atoms with E-state index in [2.05, 4.69) is 30.5 Å². The second-order valence-corrected chi connectivity index (χ2v) is 7.98. The van der Waals surface area contributed by atoms with Crippen LogP contribution in [0, 0.1) is 0 Å². The van der Waals surface area contributed by atoms with E-state index in [9.17, 15) is 8.42 Å². The molecule has 0 atom stereocenters. The van der Waals surface area contributed by atoms with Crippen LogP contribution in [-0.4, -0.2) is 13.4 Å². The quantitative estimate of drug-likeness (QED) is 0.946. The monoisotopic (exact) mass is 296 g/mol. The molecule has 0 radical (unpaired) electrons. The molecule has 1 aromatic heterocycles. The lowest BCUT2D eigenvalue weighted by molar-refractivity contribution is 0.590. The van der Waals surface area contributed by atoms with Gasteiger partial charge in [-0.05, 0) is 23.1 Å². The van der Waals surface area contributed by atoms with Gasteiger partial charge in [-0.3, -0.25) is 4.72 Å². The van der Waals surface area contributed by atoms with Gasteiger partial charge in [0.05, 0.1) is 0 Å². The summed E-state index contributed by atoms with van der Waals surface area (Å²) in [5, 5.41) is 1.64. The molecule has 1 aromatic carbocycles. The number of nitrogens with zero attached hydrogens (tertiary/aromatic N) is 1. The maximum absolute atomic E-state index is 12.1. The third-order valence-electron chi connectivity index (χ3n) is 2.62. The smallest absolute Gasteiger partial charge is 0.278 e. The summed E-state index contributed by atoms with van der Waals surface area (Å²) in [6.45, 7) is 6.25. The lowest BCUT2D eigenvalue weighted by atomic mass is 9.87. The van der Waals surface area contributed by atoms with Crippen LogP contribution in [0.2, 0.25) is 0 Å². The van der Waals surface area contributed by atoms with Crippen molar-refractivity contribution in [1.29, 1.82) is 0 Å². The topological polar surface area (TPSA) is 59.1 Å². The average Bonchev–Trinajstić information content (AvgIpc) is 2.81. The second kappa shape index (κ2) is 4.94. The molecule has 0 amide bonds. The van der Waals surface area contributed by atoms with Gasteiger partial charge in [0.15, 0.2) is 0 Å². The number of hydrogen-bond acceptors (Lipinski definition) is 4. The molecule has 2 aromatic rings. The summed E-state index contributed by atoms with van der Waals surface area (Å²) in [5.74, 6) is 0. The molecule has 0 aliphatic heterocycles. The van der Waals surface area contributed by atoms with Crippen LogP contribution in [0.3, 0.4) is 0 Å². The molecule has 0 unspecified atom stereocenters. The van der Waals surface area contributed by atoms with Gasteiger partial charge in [-0.1, -0.05) is 32.9 Å². The minimum atomic E-state index is -3.57. The molecular formula is C13H16N2O2S2. The summed E-state index contributed by atoms with van der Waals surface area (Å²) in [5.41, 5.74) is 1.61. The van der Waals surface area contributed by atoms with Crippen molar-refractivity contribution in [3.63, 3.8) is 0 Å². The minimum absolute atomic E-state index is 0.0252. The number of anilines is 1. The van der Waals surface area contributed by atoms with Crippen molar-refractivity contribution in [1.82, 2.24) is 4.98 Å². The molecular weight excluding hydrogens is 280 g/mol. The zero-order chi connectivity index (χ0) is 14.1. The summed E-state index contributed by atoms with van der Waals surface area (Å²) in [4.78, 5) is 3.82. The largest absolute Gasteiger partial charge is 0.289 e. The van der Waals surface area contributed by atoms with Crippen LogP contribution in [0.25, 0.3) is 0 Å². The Bertz CT molecular complexity index is 656. The van der Waals surface area contributed by atoms with Crippen LogP contribution >= 0.6 is 11.3 Å². The Morgan fingerprint density at radius 3 is 2.58 bits per heavy atom. The van der Waals surface area contributed by atoms with Gasteiger partial charge in [0.1, 0.15) is 0 Å². The van der Waals surface area contributed by atoms with Crippen molar-refractivity contribution in [2.45, 2.75) is 30.5 Å². The normalized spacial score (nSPS) is 12.4. The Balaban J connectivity index is 2.30. The van der Waals surface area contributed by atoms with Gasteiger partial charge in [0, 0.05) is 17.3 Å². The number of aromatic nitrogens is 1. The minimum Gasteiger partial charge on any atom is -0.278 e. The van der Waals surface area contributed by atoms with E-state index >= 15 is 0 Å². The SMILES string of the molecule is CC(C)(C)c1cccc(NS(=O)(=O)c2nccs2)c1. The summed E-state index contributed by atoms with van der Waals surface area (Å²) in [6, 6.07) is 7.42. The number of hydrogen-bond donors (Lipinski definition) is 1. The van der Waals surface area contributed by atoms with E-state index in [1.165, 1.54) is 6.20 Å². The average molecular weight is 296 g/mol. The molecule has 0 saturated heterocycles. The van der Waals surface area contributed by atoms with Crippen molar-refractivity contribution >= 4 is 27.0 Å². The van der Waals surface area contributed by atoms with E-state index in [0.717, 1.165) is 16.9 Å². The van der Waals surface area contributed by atoms with Crippen LogP contribution in [0.15, 0.2) is 40.2 Å². The highest BCUT2D eigenvalue weighted by Crippen LogP contribution is 2.26. The van der Waals surface area contributed by atoms with Crippen LogP contribution in [-0.2, 0) is 15.4 Å². The number of thiazole rings is 1. The van der Waals surface area contributed by atoms with E-state index in [1.54, 1.807) is 11.4 Å². The van der Waals surface area contributed by atoms with Gasteiger partial charge in [0.25, 0.3) is 10.0 Å². The Morgan fingerprint density at radius 1 is 1.26 bits per heavy atom. The van der Waals surface area contributed by atoms with E-state index < -0.39 is 10.0 Å². The summed E-state index contributed by atoms with van der Waals surface area (Å²) in [7, 11) is -3.57. The van der Waals surface area contributed by atoms with E-state index in [-0.39, 0.29) is 9.75 Å². The van der Waals surface area contributed by atoms with Crippen molar-refractivity contribution in [3.05, 3.63) is 41.4 Å². The molecule has 102 valence electrons. The second-order valence-electron chi connectivity index (χ2n) is 5.23. The van der Waals surface area contributed by atoms with Crippen molar-refractivity contribution < 1.29 is 8.42 Å². The molecule has 0 spiro atoms. The summed E-state index contributed by atoms with van der Waals surface area (Å²) >= 11 is 1.10. The molecule has 0 fully saturated rings. The fourth-order valence-corrected chi connectivity index (χ4v) is 3.47. The van der Waals surface area contributed by atoms with Crippen LogP contribution < -0.4 is 4.72 Å². The summed E-state index contributed by atoms with van der Waals surface area (Å²) < 4.78 is 26.8. The van der Waals surface area contributed by atoms with Gasteiger partial charge in [0.2, 0.25) is 4.34 Å². The Kier molecular flexibility index (Phi) is 3.64. The zero-order valence-electron chi connectivity index (χ0n) is 11.0. The summed E-state index contributed by atoms with van der Waals surface area (Å²) in [6.07, 6.45) is 1.48. The van der Waals surface area contributed by atoms with Crippen molar-refractivity contribution in [3.8, 4) is 0 Å². The standard InChI is InChI=1S/C13H16N2O2S2/c1-13(2,3)10-5-4-6-11(9-10)15-19(16,17)12-14-7-8-18-12/h4-9,15H,1-3H3. The predicted octanol–water partition coefficient (Wildman–Crippen LogP) is 3.24. The van der Waals surface area contributed by atoms with E-state index in [1.807, 2.05) is 18.2 Å². The molecule has 6 heteroatoms. The molecule has 0 saturated carbocycles. The highest BCUT2D eigenvalue weighted by molar-refractivity contribution is 7.94. The predicted molar refractivity (Wildman–Crippen MR) is 78.1 cm³/mol. The molecule has 0 aliphatic rings. The highest BCUT2D eigenvalue weighted by atomic mass is 32.2. The first-order valence-corrected chi connectivity index (χ1v) is 8.18. The number of rotatable bonds is 3. The molecule has 0 aliphatic carbocycles.